The largest absolute Gasteiger partial charge is 0.311 e. The van der Waals surface area contributed by atoms with E-state index in [4.69, 9.17) is 4.52 Å². The van der Waals surface area contributed by atoms with Crippen LogP contribution in [0, 0.1) is 0 Å². The second kappa shape index (κ2) is 14.7. The van der Waals surface area contributed by atoms with Crippen molar-refractivity contribution >= 4 is 71.1 Å². The van der Waals surface area contributed by atoms with Gasteiger partial charge in [0.05, 0.1) is 9.65 Å². The van der Waals surface area contributed by atoms with Gasteiger partial charge in [-0.2, -0.15) is 0 Å². The van der Waals surface area contributed by atoms with Crippen LogP contribution in [-0.4, -0.2) is 15.7 Å². The smallest absolute Gasteiger partial charge is 0.218 e. The molecule has 2 aromatic carbocycles. The molecule has 0 spiro atoms. The first-order valence-corrected chi connectivity index (χ1v) is 16.4. The molecule has 0 N–H and O–H groups in total. The van der Waals surface area contributed by atoms with Gasteiger partial charge in [-0.1, -0.05) is 163 Å². The Morgan fingerprint density at radius 1 is 0.742 bits per heavy atom. The zero-order valence-electron chi connectivity index (χ0n) is 17.8. The van der Waals surface area contributed by atoms with Crippen molar-refractivity contribution in [2.45, 2.75) is 64.7 Å². The zero-order valence-corrected chi connectivity index (χ0v) is 25.0. The van der Waals surface area contributed by atoms with E-state index in [2.05, 4.69) is 70.6 Å². The Balaban J connectivity index is 2.13. The standard InChI is InChI=1S/C24H31Br4O2P/c1-2-3-4-5-6-13-18-31(29,24(28)22(26)20-16-11-8-12-17-20)30-23(27)21(25)19-14-9-7-10-15-19/h7-12,14-17,21-24H,2-6,13,18H2,1H3. The maximum Gasteiger partial charge on any atom is 0.218 e. The number of alkyl halides is 4. The first kappa shape index (κ1) is 27.8. The molecule has 2 nitrogen and oxygen atoms in total. The quantitative estimate of drug-likeness (QED) is 0.111. The lowest BCUT2D eigenvalue weighted by molar-refractivity contribution is 0.289. The number of halogens is 4. The van der Waals surface area contributed by atoms with Gasteiger partial charge in [0.15, 0.2) is 0 Å². The van der Waals surface area contributed by atoms with Crippen molar-refractivity contribution in [2.24, 2.45) is 0 Å². The number of hydrogen-bond donors (Lipinski definition) is 0. The Kier molecular flexibility index (Phi) is 13.2. The molecule has 2 rings (SSSR count). The third-order valence-corrected chi connectivity index (χ3v) is 15.1. The molecule has 0 aliphatic heterocycles. The molecule has 0 saturated carbocycles. The molecule has 172 valence electrons. The third-order valence-electron chi connectivity index (χ3n) is 5.19. The Hall–Kier alpha value is 0.550. The SMILES string of the molecule is CCCCCCCCP(=O)(OC(Br)C(Br)c1ccccc1)C(Br)C(Br)c1ccccc1. The second-order valence-corrected chi connectivity index (χ2v) is 14.9. The van der Waals surface area contributed by atoms with Crippen LogP contribution in [0.3, 0.4) is 0 Å². The molecule has 5 atom stereocenters. The van der Waals surface area contributed by atoms with E-state index in [9.17, 15) is 4.57 Å². The monoisotopic (exact) mass is 698 g/mol. The normalized spacial score (nSPS) is 17.5. The van der Waals surface area contributed by atoms with E-state index in [0.29, 0.717) is 6.16 Å². The summed E-state index contributed by atoms with van der Waals surface area (Å²) in [6.07, 6.45) is 7.44. The predicted octanol–water partition coefficient (Wildman–Crippen LogP) is 10.4. The molecular formula is C24H31Br4O2P. The van der Waals surface area contributed by atoms with Gasteiger partial charge in [-0.15, -0.1) is 0 Å². The van der Waals surface area contributed by atoms with Gasteiger partial charge in [0, 0.05) is 6.16 Å². The predicted molar refractivity (Wildman–Crippen MR) is 149 cm³/mol. The first-order chi connectivity index (χ1) is 14.9. The number of hydrogen-bond acceptors (Lipinski definition) is 2. The molecule has 0 aliphatic carbocycles. The van der Waals surface area contributed by atoms with Crippen LogP contribution in [0.2, 0.25) is 0 Å². The maximum absolute atomic E-state index is 14.2. The van der Waals surface area contributed by atoms with E-state index in [-0.39, 0.29) is 14.2 Å². The molecule has 0 aromatic heterocycles. The summed E-state index contributed by atoms with van der Waals surface area (Å²) in [6.45, 7) is 2.22. The lowest BCUT2D eigenvalue weighted by Crippen LogP contribution is -2.18. The van der Waals surface area contributed by atoms with Gasteiger partial charge in [0.1, 0.15) is 9.58 Å². The van der Waals surface area contributed by atoms with Gasteiger partial charge in [-0.05, 0) is 17.5 Å². The average Bonchev–Trinajstić information content (AvgIpc) is 2.81. The molecule has 0 heterocycles. The van der Waals surface area contributed by atoms with Gasteiger partial charge < -0.3 is 4.52 Å². The number of benzene rings is 2. The van der Waals surface area contributed by atoms with Gasteiger partial charge in [0.2, 0.25) is 7.37 Å². The minimum atomic E-state index is -3.03. The highest BCUT2D eigenvalue weighted by Gasteiger charge is 2.40. The third kappa shape index (κ3) is 9.02. The Bertz CT molecular complexity index is 791. The van der Waals surface area contributed by atoms with Crippen LogP contribution in [0.5, 0.6) is 0 Å². The van der Waals surface area contributed by atoms with E-state index in [1.54, 1.807) is 0 Å². The van der Waals surface area contributed by atoms with Crippen LogP contribution in [0.25, 0.3) is 0 Å². The van der Waals surface area contributed by atoms with E-state index in [1.807, 2.05) is 60.7 Å². The van der Waals surface area contributed by atoms with Gasteiger partial charge in [0.25, 0.3) is 0 Å². The molecule has 0 bridgehead atoms. The molecule has 0 amide bonds. The van der Waals surface area contributed by atoms with Crippen molar-refractivity contribution in [1.29, 1.82) is 0 Å². The molecule has 2 aromatic rings. The second-order valence-electron chi connectivity index (χ2n) is 7.67. The zero-order chi connectivity index (χ0) is 22.7. The minimum absolute atomic E-state index is 0.100. The summed E-state index contributed by atoms with van der Waals surface area (Å²) < 4.78 is 20.2. The highest BCUT2D eigenvalue weighted by molar-refractivity contribution is 9.13. The summed E-state index contributed by atoms with van der Waals surface area (Å²) in [4.78, 5) is -0.207. The molecule has 31 heavy (non-hydrogen) atoms. The summed E-state index contributed by atoms with van der Waals surface area (Å²) in [5.41, 5.74) is 2.17. The van der Waals surface area contributed by atoms with Crippen molar-refractivity contribution in [2.75, 3.05) is 6.16 Å². The van der Waals surface area contributed by atoms with Crippen LogP contribution in [0.1, 0.15) is 66.2 Å². The first-order valence-electron chi connectivity index (χ1n) is 10.8. The molecule has 0 fully saturated rings. The van der Waals surface area contributed by atoms with Gasteiger partial charge in [-0.25, -0.2) is 0 Å². The maximum atomic E-state index is 14.2. The van der Waals surface area contributed by atoms with E-state index in [1.165, 1.54) is 25.7 Å². The number of unbranched alkanes of at least 4 members (excludes halogenated alkanes) is 5. The Morgan fingerprint density at radius 3 is 1.77 bits per heavy atom. The molecule has 5 unspecified atom stereocenters. The van der Waals surface area contributed by atoms with E-state index >= 15 is 0 Å². The minimum Gasteiger partial charge on any atom is -0.311 e. The highest BCUT2D eigenvalue weighted by Crippen LogP contribution is 2.63. The molecule has 7 heteroatoms. The topological polar surface area (TPSA) is 26.3 Å². The van der Waals surface area contributed by atoms with Crippen LogP contribution in [0.4, 0.5) is 0 Å². The van der Waals surface area contributed by atoms with Crippen LogP contribution >= 0.6 is 71.1 Å². The van der Waals surface area contributed by atoms with Crippen LogP contribution in [0.15, 0.2) is 60.7 Å². The summed E-state index contributed by atoms with van der Waals surface area (Å²) in [5, 5.41) is -0.406. The summed E-state index contributed by atoms with van der Waals surface area (Å²) in [6, 6.07) is 20.1. The van der Waals surface area contributed by atoms with Crippen LogP contribution in [-0.2, 0) is 9.09 Å². The van der Waals surface area contributed by atoms with Gasteiger partial charge >= 0.3 is 0 Å². The van der Waals surface area contributed by atoms with Crippen LogP contribution < -0.4 is 0 Å². The number of rotatable bonds is 14. The van der Waals surface area contributed by atoms with E-state index < -0.39 is 12.4 Å². The fourth-order valence-corrected chi connectivity index (χ4v) is 9.85. The van der Waals surface area contributed by atoms with Crippen molar-refractivity contribution < 1.29 is 9.09 Å². The lowest BCUT2D eigenvalue weighted by atomic mass is 10.1. The Labute approximate surface area is 221 Å². The van der Waals surface area contributed by atoms with Crippen molar-refractivity contribution in [3.05, 3.63) is 71.8 Å². The Morgan fingerprint density at radius 2 is 1.23 bits per heavy atom. The highest BCUT2D eigenvalue weighted by atomic mass is 79.9. The summed E-state index contributed by atoms with van der Waals surface area (Å²) in [7, 11) is -3.03. The van der Waals surface area contributed by atoms with Crippen molar-refractivity contribution in [3.63, 3.8) is 0 Å². The van der Waals surface area contributed by atoms with E-state index in [0.717, 1.165) is 24.0 Å². The fourth-order valence-electron chi connectivity index (χ4n) is 3.35. The molecule has 0 aliphatic rings. The van der Waals surface area contributed by atoms with Crippen molar-refractivity contribution in [1.82, 2.24) is 0 Å². The molecule has 0 saturated heterocycles. The average molecular weight is 702 g/mol. The molecular weight excluding hydrogens is 671 g/mol. The summed E-state index contributed by atoms with van der Waals surface area (Å²) in [5.74, 6) is 0. The van der Waals surface area contributed by atoms with Crippen molar-refractivity contribution in [3.8, 4) is 0 Å². The lowest BCUT2D eigenvalue weighted by Gasteiger charge is -2.30. The molecule has 0 radical (unpaired) electrons. The summed E-state index contributed by atoms with van der Waals surface area (Å²) >= 11 is 14.9. The fraction of sp³-hybridized carbons (Fsp3) is 0.500. The van der Waals surface area contributed by atoms with Gasteiger partial charge in [-0.3, -0.25) is 4.57 Å².